The summed E-state index contributed by atoms with van der Waals surface area (Å²) in [4.78, 5) is 13.3. The van der Waals surface area contributed by atoms with E-state index in [1.54, 1.807) is 6.20 Å². The van der Waals surface area contributed by atoms with Gasteiger partial charge in [-0.25, -0.2) is 15.0 Å². The van der Waals surface area contributed by atoms with Crippen molar-refractivity contribution in [2.75, 3.05) is 0 Å². The Bertz CT molecular complexity index is 762. The molecule has 2 heterocycles. The molecule has 0 amide bonds. The van der Waals surface area contributed by atoms with Gasteiger partial charge in [-0.3, -0.25) is 0 Å². The molecule has 0 aliphatic heterocycles. The topological polar surface area (TPSA) is 43.6 Å². The van der Waals surface area contributed by atoms with Gasteiger partial charge in [0.15, 0.2) is 5.82 Å². The third-order valence-corrected chi connectivity index (χ3v) is 4.02. The molecule has 4 nitrogen and oxygen atoms in total. The van der Waals surface area contributed by atoms with E-state index >= 15 is 0 Å². The molecule has 0 spiro atoms. The first-order valence-electron chi connectivity index (χ1n) is 6.69. The van der Waals surface area contributed by atoms with Crippen LogP contribution in [0.25, 0.3) is 11.4 Å². The average Bonchev–Trinajstić information content (AvgIpc) is 2.80. The fourth-order valence-corrected chi connectivity index (χ4v) is 2.36. The van der Waals surface area contributed by atoms with Crippen LogP contribution in [0, 0.1) is 13.8 Å². The van der Waals surface area contributed by atoms with Gasteiger partial charge >= 0.3 is 0 Å². The smallest absolute Gasteiger partial charge is 0.159 e. The SMILES string of the molecule is Cc1ncn(Cc2ccnc(-c3ccc(Br)cc3)n2)c1C. The van der Waals surface area contributed by atoms with Gasteiger partial charge in [-0.1, -0.05) is 28.1 Å². The van der Waals surface area contributed by atoms with Gasteiger partial charge in [0.2, 0.25) is 0 Å². The lowest BCUT2D eigenvalue weighted by atomic mass is 10.2. The molecular formula is C16H15BrN4. The highest BCUT2D eigenvalue weighted by Gasteiger charge is 2.06. The summed E-state index contributed by atoms with van der Waals surface area (Å²) < 4.78 is 3.15. The molecule has 0 atom stereocenters. The minimum Gasteiger partial charge on any atom is -0.329 e. The molecule has 0 saturated carbocycles. The van der Waals surface area contributed by atoms with Crippen LogP contribution < -0.4 is 0 Å². The van der Waals surface area contributed by atoms with E-state index in [-0.39, 0.29) is 0 Å². The zero-order valence-corrected chi connectivity index (χ0v) is 13.5. The predicted octanol–water partition coefficient (Wildman–Crippen LogP) is 3.77. The van der Waals surface area contributed by atoms with E-state index in [2.05, 4.69) is 42.4 Å². The van der Waals surface area contributed by atoms with Crippen LogP contribution >= 0.6 is 15.9 Å². The van der Waals surface area contributed by atoms with Gasteiger partial charge < -0.3 is 4.57 Å². The van der Waals surface area contributed by atoms with Crippen molar-refractivity contribution in [1.82, 2.24) is 19.5 Å². The van der Waals surface area contributed by atoms with Crippen molar-refractivity contribution in [3.8, 4) is 11.4 Å². The first-order valence-corrected chi connectivity index (χ1v) is 7.49. The summed E-state index contributed by atoms with van der Waals surface area (Å²) in [5.41, 5.74) is 4.21. The van der Waals surface area contributed by atoms with E-state index in [0.29, 0.717) is 6.54 Å². The Hall–Kier alpha value is -2.01. The first-order chi connectivity index (χ1) is 10.1. The van der Waals surface area contributed by atoms with Gasteiger partial charge in [-0.15, -0.1) is 0 Å². The molecule has 1 aromatic carbocycles. The standard InChI is InChI=1S/C16H15BrN4/c1-11-12(2)21(10-19-11)9-15-7-8-18-16(20-15)13-3-5-14(17)6-4-13/h3-8,10H,9H2,1-2H3. The molecule has 3 rings (SSSR count). The third kappa shape index (κ3) is 3.03. The Kier molecular flexibility index (Phi) is 3.84. The van der Waals surface area contributed by atoms with E-state index in [9.17, 15) is 0 Å². The number of halogens is 1. The second-order valence-corrected chi connectivity index (χ2v) is 5.84. The molecule has 0 fully saturated rings. The predicted molar refractivity (Wildman–Crippen MR) is 86.0 cm³/mol. The summed E-state index contributed by atoms with van der Waals surface area (Å²) in [6.45, 7) is 4.79. The maximum absolute atomic E-state index is 4.64. The van der Waals surface area contributed by atoms with E-state index in [4.69, 9.17) is 0 Å². The lowest BCUT2D eigenvalue weighted by molar-refractivity contribution is 0.745. The minimum atomic E-state index is 0.707. The number of hydrogen-bond acceptors (Lipinski definition) is 3. The van der Waals surface area contributed by atoms with Crippen LogP contribution in [0.2, 0.25) is 0 Å². The highest BCUT2D eigenvalue weighted by atomic mass is 79.9. The second-order valence-electron chi connectivity index (χ2n) is 4.92. The summed E-state index contributed by atoms with van der Waals surface area (Å²) in [5, 5.41) is 0. The molecule has 0 unspecified atom stereocenters. The first kappa shape index (κ1) is 13.9. The van der Waals surface area contributed by atoms with E-state index in [0.717, 1.165) is 27.2 Å². The molecule has 0 radical (unpaired) electrons. The second kappa shape index (κ2) is 5.77. The van der Waals surface area contributed by atoms with E-state index < -0.39 is 0 Å². The number of aryl methyl sites for hydroxylation is 1. The van der Waals surface area contributed by atoms with Crippen LogP contribution in [0.5, 0.6) is 0 Å². The molecule has 0 bridgehead atoms. The summed E-state index contributed by atoms with van der Waals surface area (Å²) in [6.07, 6.45) is 3.66. The summed E-state index contributed by atoms with van der Waals surface area (Å²) in [7, 11) is 0. The summed E-state index contributed by atoms with van der Waals surface area (Å²) in [6, 6.07) is 9.95. The monoisotopic (exact) mass is 342 g/mol. The molecule has 0 aliphatic rings. The van der Waals surface area contributed by atoms with Crippen LogP contribution in [0.15, 0.2) is 47.3 Å². The molecule has 0 aliphatic carbocycles. The Morgan fingerprint density at radius 2 is 1.81 bits per heavy atom. The lowest BCUT2D eigenvalue weighted by Crippen LogP contribution is -2.04. The van der Waals surface area contributed by atoms with E-state index in [1.165, 1.54) is 5.69 Å². The maximum Gasteiger partial charge on any atom is 0.159 e. The fourth-order valence-electron chi connectivity index (χ4n) is 2.10. The molecule has 0 N–H and O–H groups in total. The zero-order valence-electron chi connectivity index (χ0n) is 11.9. The highest BCUT2D eigenvalue weighted by molar-refractivity contribution is 9.10. The highest BCUT2D eigenvalue weighted by Crippen LogP contribution is 2.18. The van der Waals surface area contributed by atoms with Crippen LogP contribution in [0.4, 0.5) is 0 Å². The van der Waals surface area contributed by atoms with Crippen molar-refractivity contribution in [3.05, 3.63) is 64.4 Å². The Labute approximate surface area is 132 Å². The Morgan fingerprint density at radius 1 is 1.05 bits per heavy atom. The van der Waals surface area contributed by atoms with Gasteiger partial charge in [0.25, 0.3) is 0 Å². The lowest BCUT2D eigenvalue weighted by Gasteiger charge is -2.07. The summed E-state index contributed by atoms with van der Waals surface area (Å²) in [5.74, 6) is 0.745. The molecule has 106 valence electrons. The Morgan fingerprint density at radius 3 is 2.48 bits per heavy atom. The average molecular weight is 343 g/mol. The van der Waals surface area contributed by atoms with Crippen molar-refractivity contribution in [3.63, 3.8) is 0 Å². The third-order valence-electron chi connectivity index (χ3n) is 3.49. The van der Waals surface area contributed by atoms with Gasteiger partial charge in [0.1, 0.15) is 0 Å². The van der Waals surface area contributed by atoms with Crippen molar-refractivity contribution in [1.29, 1.82) is 0 Å². The number of rotatable bonds is 3. The molecule has 2 aromatic heterocycles. The van der Waals surface area contributed by atoms with E-state index in [1.807, 2.05) is 43.6 Å². The number of aromatic nitrogens is 4. The number of imidazole rings is 1. The van der Waals surface area contributed by atoms with Gasteiger partial charge in [-0.2, -0.15) is 0 Å². The van der Waals surface area contributed by atoms with Gasteiger partial charge in [0, 0.05) is 21.9 Å². The maximum atomic E-state index is 4.64. The largest absolute Gasteiger partial charge is 0.329 e. The van der Waals surface area contributed by atoms with Crippen molar-refractivity contribution < 1.29 is 0 Å². The molecule has 5 heteroatoms. The quantitative estimate of drug-likeness (QED) is 0.727. The van der Waals surface area contributed by atoms with Crippen LogP contribution in [0.3, 0.4) is 0 Å². The Balaban J connectivity index is 1.89. The van der Waals surface area contributed by atoms with Gasteiger partial charge in [0.05, 0.1) is 24.3 Å². The molecule has 3 aromatic rings. The normalized spacial score (nSPS) is 10.8. The number of hydrogen-bond donors (Lipinski definition) is 0. The molecular weight excluding hydrogens is 328 g/mol. The molecule has 0 saturated heterocycles. The van der Waals surface area contributed by atoms with Gasteiger partial charge in [-0.05, 0) is 32.0 Å². The van der Waals surface area contributed by atoms with Crippen LogP contribution in [-0.4, -0.2) is 19.5 Å². The fraction of sp³-hybridized carbons (Fsp3) is 0.188. The zero-order chi connectivity index (χ0) is 14.8. The summed E-state index contributed by atoms with van der Waals surface area (Å²) >= 11 is 3.44. The number of nitrogens with zero attached hydrogens (tertiary/aromatic N) is 4. The minimum absolute atomic E-state index is 0.707. The molecule has 21 heavy (non-hydrogen) atoms. The van der Waals surface area contributed by atoms with Crippen LogP contribution in [-0.2, 0) is 6.54 Å². The van der Waals surface area contributed by atoms with Crippen molar-refractivity contribution in [2.45, 2.75) is 20.4 Å². The van der Waals surface area contributed by atoms with Crippen LogP contribution in [0.1, 0.15) is 17.1 Å². The van der Waals surface area contributed by atoms with Crippen molar-refractivity contribution >= 4 is 15.9 Å². The number of benzene rings is 1. The van der Waals surface area contributed by atoms with Crippen molar-refractivity contribution in [2.24, 2.45) is 0 Å².